The third kappa shape index (κ3) is 37.9. The van der Waals surface area contributed by atoms with E-state index in [1.54, 1.807) is 11.1 Å². The van der Waals surface area contributed by atoms with E-state index in [9.17, 15) is 5.48 Å². The first-order valence-electron chi connectivity index (χ1n) is 47.6. The van der Waals surface area contributed by atoms with Crippen LogP contribution in [-0.2, 0) is 63.4 Å². The zero-order valence-corrected chi connectivity index (χ0v) is 95.2. The van der Waals surface area contributed by atoms with Gasteiger partial charge in [-0.15, -0.1) is 11.8 Å². The molecule has 0 aliphatic heterocycles. The molecule has 0 amide bonds. The normalized spacial score (nSPS) is 14.4. The van der Waals surface area contributed by atoms with E-state index < -0.39 is 83.7 Å². The first-order chi connectivity index (χ1) is 54.4. The van der Waals surface area contributed by atoms with Crippen molar-refractivity contribution in [2.24, 2.45) is 0 Å². The topological polar surface area (TPSA) is 0 Å². The summed E-state index contributed by atoms with van der Waals surface area (Å²) in [7, 11) is -13.0. The lowest BCUT2D eigenvalue weighted by molar-refractivity contribution is 0.573. The highest BCUT2D eigenvalue weighted by Crippen LogP contribution is 2.45. The van der Waals surface area contributed by atoms with E-state index in [2.05, 4.69) is 459 Å². The van der Waals surface area contributed by atoms with Crippen LogP contribution in [0.2, 0.25) is 178 Å². The Morgan fingerprint density at radius 3 is 0.684 bits per heavy atom. The monoisotopic (exact) mass is 1750 g/mol. The molecular weight excluding hydrogens is 1550 g/mol. The van der Waals surface area contributed by atoms with Crippen LogP contribution in [0.15, 0.2) is 157 Å². The maximum absolute atomic E-state index is 9.64. The molecule has 660 valence electrons. The summed E-state index contributed by atoms with van der Waals surface area (Å²) in [6.07, 6.45) is -0.795. The van der Waals surface area contributed by atoms with Gasteiger partial charge >= 0.3 is 0 Å². The van der Waals surface area contributed by atoms with Gasteiger partial charge in [0.25, 0.3) is 0 Å². The van der Waals surface area contributed by atoms with E-state index in [4.69, 9.17) is 2.74 Å². The maximum atomic E-state index is 9.64. The lowest BCUT2D eigenvalue weighted by Gasteiger charge is -2.41. The molecule has 0 radical (unpaired) electrons. The molecule has 7 aromatic rings. The van der Waals surface area contributed by atoms with E-state index in [0.29, 0.717) is 0 Å². The molecular formula is C108H190SSi8. The van der Waals surface area contributed by atoms with Crippen molar-refractivity contribution in [2.75, 3.05) is 6.26 Å². The lowest BCUT2D eigenvalue weighted by Crippen LogP contribution is -2.46. The molecule has 0 saturated heterocycles. The zero-order chi connectivity index (χ0) is 97.2. The minimum Gasteiger partial charge on any atom is -0.129 e. The molecule has 9 heteroatoms. The first kappa shape index (κ1) is 101. The average molecular weight is 1750 g/mol. The maximum Gasteiger partial charge on any atom is 0.0450 e. The molecule has 0 fully saturated rings. The Balaban J connectivity index is 0.000000748. The van der Waals surface area contributed by atoms with Crippen molar-refractivity contribution in [3.05, 3.63) is 241 Å². The standard InChI is InChI=1S/C26H54Si4.2C18H34Si2.C12H18S.C12H18.2C11H16/c1-26(2,3)25-21(19-23(27(4,5)6)28(7,8)9)17-16-18-22(25)20-24(29(10,11)12)30(13,14)15;2*1-18(2,3)16-13-11-10-12-15(16)14-17(19(4,5)6)20(7,8)9;1-9-7-6-8-10(13-5)11(9)12(2,3)4;1-9-7-6-8-10(2)11(9)12(3,4)5;2*1-9-7-5-6-8-10(9)11(2,3)4/h16-18,23-24H,19-20H2,1-15H3;2*10-13,17H,14H2,1-9H3;6-8H,1-5H3;6-8H,1-5H3;2*5-8H,1-4H3/i19D2,20D2;14D2;;;;;. The number of hydrogen-bond donors (Lipinski definition) is 0. The number of aryl methyl sites for hydroxylation is 5. The number of hydrogen-bond acceptors (Lipinski definition) is 1. The third-order valence-corrected chi connectivity index (χ3v) is 59.7. The summed E-state index contributed by atoms with van der Waals surface area (Å²) in [5.74, 6) is 0. The second kappa shape index (κ2) is 43.5. The van der Waals surface area contributed by atoms with Crippen LogP contribution >= 0.6 is 11.8 Å². The van der Waals surface area contributed by atoms with Gasteiger partial charge in [-0.05, 0) is 220 Å². The molecule has 0 aromatic heterocycles. The van der Waals surface area contributed by atoms with Crippen LogP contribution in [0.1, 0.15) is 243 Å². The predicted octanol–water partition coefficient (Wildman–Crippen LogP) is 35.7. The van der Waals surface area contributed by atoms with Crippen molar-refractivity contribution in [3.63, 3.8) is 0 Å². The molecule has 0 aliphatic carbocycles. The van der Waals surface area contributed by atoms with E-state index in [0.717, 1.165) is 33.0 Å². The van der Waals surface area contributed by atoms with Crippen LogP contribution in [0.25, 0.3) is 0 Å². The van der Waals surface area contributed by atoms with Crippen molar-refractivity contribution >= 4 is 76.4 Å². The second-order valence-electron chi connectivity index (χ2n) is 50.1. The first-order valence-corrected chi connectivity index (χ1v) is 74.4. The fraction of sp³-hybridized carbons (Fsp3) is 0.611. The minimum atomic E-state index is -1.86. The highest BCUT2D eigenvalue weighted by atomic mass is 32.2. The molecule has 7 aromatic carbocycles. The van der Waals surface area contributed by atoms with Gasteiger partial charge in [0.1, 0.15) is 0 Å². The Kier molecular flexibility index (Phi) is 37.4. The quantitative estimate of drug-likeness (QED) is 0.0647. The van der Waals surface area contributed by atoms with Crippen molar-refractivity contribution in [1.29, 1.82) is 0 Å². The minimum absolute atomic E-state index is 0.0273. The summed E-state index contributed by atoms with van der Waals surface area (Å²) >= 11 is 1.84. The van der Waals surface area contributed by atoms with Crippen LogP contribution in [0.3, 0.4) is 0 Å². The van der Waals surface area contributed by atoms with E-state index in [1.165, 1.54) is 61.4 Å². The Morgan fingerprint density at radius 1 is 0.231 bits per heavy atom. The van der Waals surface area contributed by atoms with E-state index in [1.807, 2.05) is 48.2 Å². The Morgan fingerprint density at radius 2 is 0.444 bits per heavy atom. The van der Waals surface area contributed by atoms with Crippen molar-refractivity contribution in [2.45, 2.75) is 426 Å². The van der Waals surface area contributed by atoms with Gasteiger partial charge in [0.15, 0.2) is 0 Å². The summed E-state index contributed by atoms with van der Waals surface area (Å²) in [4.78, 5) is 1.41. The fourth-order valence-corrected chi connectivity index (χ4v) is 66.3. The number of thioether (sulfide) groups is 1. The Hall–Kier alpha value is -3.37. The molecule has 0 heterocycles. The van der Waals surface area contributed by atoms with Crippen LogP contribution in [0.5, 0.6) is 0 Å². The molecule has 0 aliphatic rings. The van der Waals surface area contributed by atoms with Gasteiger partial charge in [-0.1, -0.05) is 448 Å². The molecule has 0 bridgehead atoms. The van der Waals surface area contributed by atoms with Gasteiger partial charge in [0.2, 0.25) is 0 Å². The summed E-state index contributed by atoms with van der Waals surface area (Å²) in [5, 5.41) is 1.19. The van der Waals surface area contributed by atoms with Gasteiger partial charge in [-0.2, -0.15) is 0 Å². The van der Waals surface area contributed by atoms with E-state index in [-0.39, 0.29) is 53.4 Å². The van der Waals surface area contributed by atoms with E-state index >= 15 is 0 Å². The van der Waals surface area contributed by atoms with Crippen LogP contribution < -0.4 is 0 Å². The molecule has 0 saturated carbocycles. The molecule has 0 spiro atoms. The molecule has 0 nitrogen and oxygen atoms in total. The predicted molar refractivity (Wildman–Crippen MR) is 568 cm³/mol. The van der Waals surface area contributed by atoms with Crippen molar-refractivity contribution in [3.8, 4) is 0 Å². The molecule has 117 heavy (non-hydrogen) atoms. The summed E-state index contributed by atoms with van der Waals surface area (Å²) in [6.45, 7) is 115. The molecule has 0 atom stereocenters. The lowest BCUT2D eigenvalue weighted by atomic mass is 9.79. The highest BCUT2D eigenvalue weighted by molar-refractivity contribution is 7.98. The van der Waals surface area contributed by atoms with Crippen molar-refractivity contribution in [1.82, 2.24) is 0 Å². The van der Waals surface area contributed by atoms with Gasteiger partial charge < -0.3 is 0 Å². The zero-order valence-electron chi connectivity index (χ0n) is 92.4. The molecule has 0 unspecified atom stereocenters. The van der Waals surface area contributed by atoms with Gasteiger partial charge in [0.05, 0.1) is 0 Å². The van der Waals surface area contributed by atoms with Crippen molar-refractivity contribution < 1.29 is 8.22 Å². The summed E-state index contributed by atoms with van der Waals surface area (Å²) < 4.78 is 56.8. The Bertz CT molecular complexity index is 4230. The van der Waals surface area contributed by atoms with Crippen LogP contribution in [0, 0.1) is 34.6 Å². The van der Waals surface area contributed by atoms with Gasteiger partial charge in [-0.3, -0.25) is 0 Å². The molecule has 7 rings (SSSR count). The molecule has 0 N–H and O–H groups in total. The van der Waals surface area contributed by atoms with Crippen LogP contribution in [-0.4, -0.2) is 70.8 Å². The fourth-order valence-electron chi connectivity index (χ4n) is 18.7. The van der Waals surface area contributed by atoms with Gasteiger partial charge in [-0.25, -0.2) is 0 Å². The number of benzene rings is 7. The average Bonchev–Trinajstić information content (AvgIpc) is 0.720. The highest BCUT2D eigenvalue weighted by Gasteiger charge is 2.43. The summed E-state index contributed by atoms with van der Waals surface area (Å²) in [5.41, 5.74) is 21.4. The number of rotatable bonds is 17. The smallest absolute Gasteiger partial charge is 0.0450 e. The Labute approximate surface area is 751 Å². The van der Waals surface area contributed by atoms with Gasteiger partial charge in [0, 0.05) is 77.7 Å². The largest absolute Gasteiger partial charge is 0.129 e. The second-order valence-corrected chi connectivity index (χ2v) is 96.0. The SMILES string of the molecule is CC(C)(C)c1ccccc1CC([Si](C)(C)C)[Si](C)(C)C.CSc1cccc(C)c1C(C)(C)C.Cc1cccc(C)c1C(C)(C)C.Cc1ccccc1C(C)(C)C.Cc1ccccc1C(C)(C)C.[2H]C([2H])(c1cccc(C([2H])([2H])C([Si](C)(C)C)[Si](C)(C)C)c1C(C)(C)C)C([Si](C)(C)C)[Si](C)(C)C.[2H]C([2H])(c1ccccc1C(C)(C)C)C([Si](C)(C)C)[Si](C)(C)C. The third-order valence-electron chi connectivity index (χ3n) is 22.3. The van der Waals surface area contributed by atoms with Crippen LogP contribution in [0.4, 0.5) is 0 Å². The summed E-state index contributed by atoms with van der Waals surface area (Å²) in [6, 6.07) is 53.3.